The molecule has 0 heterocycles. The number of hydrogen-bond donors (Lipinski definition) is 4. The molecule has 3 atom stereocenters. The first-order valence-corrected chi connectivity index (χ1v) is 5.46. The molecule has 5 nitrogen and oxygen atoms in total. The minimum absolute atomic E-state index is 0.182. The largest absolute Gasteiger partial charge is 0.480 e. The summed E-state index contributed by atoms with van der Waals surface area (Å²) in [5, 5.41) is 21.0. The average molecular weight is 216 g/mol. The van der Waals surface area contributed by atoms with E-state index in [0.717, 1.165) is 32.2 Å². The van der Waals surface area contributed by atoms with Crippen LogP contribution in [0.3, 0.4) is 0 Å². The van der Waals surface area contributed by atoms with Gasteiger partial charge in [0.2, 0.25) is 0 Å². The maximum absolute atomic E-state index is 10.4. The van der Waals surface area contributed by atoms with Crippen LogP contribution in [0, 0.1) is 5.92 Å². The van der Waals surface area contributed by atoms with Gasteiger partial charge in [-0.2, -0.15) is 0 Å². The van der Waals surface area contributed by atoms with Crippen molar-refractivity contribution >= 4 is 5.97 Å². The normalized spacial score (nSPS) is 28.7. The molecule has 0 saturated heterocycles. The molecule has 88 valence electrons. The van der Waals surface area contributed by atoms with Crippen LogP contribution in [0.15, 0.2) is 0 Å². The van der Waals surface area contributed by atoms with Crippen LogP contribution in [-0.2, 0) is 4.79 Å². The van der Waals surface area contributed by atoms with E-state index in [1.165, 1.54) is 0 Å². The summed E-state index contributed by atoms with van der Waals surface area (Å²) in [5.74, 6) is -0.527. The summed E-state index contributed by atoms with van der Waals surface area (Å²) in [6, 6.07) is -0.835. The lowest BCUT2D eigenvalue weighted by Crippen LogP contribution is -2.42. The van der Waals surface area contributed by atoms with E-state index in [1.807, 2.05) is 0 Å². The maximum atomic E-state index is 10.4. The van der Waals surface area contributed by atoms with Crippen LogP contribution in [-0.4, -0.2) is 41.4 Å². The molecule has 1 aliphatic carbocycles. The second-order valence-corrected chi connectivity index (χ2v) is 4.29. The number of nitrogens with two attached hydrogens (primary N) is 1. The Morgan fingerprint density at radius 2 is 2.27 bits per heavy atom. The molecule has 5 heteroatoms. The van der Waals surface area contributed by atoms with Crippen molar-refractivity contribution < 1.29 is 15.0 Å². The van der Waals surface area contributed by atoms with Gasteiger partial charge in [-0.1, -0.05) is 6.42 Å². The van der Waals surface area contributed by atoms with Crippen LogP contribution < -0.4 is 11.1 Å². The first kappa shape index (κ1) is 12.4. The van der Waals surface area contributed by atoms with E-state index in [4.69, 9.17) is 10.8 Å². The quantitative estimate of drug-likeness (QED) is 0.499. The molecule has 1 rings (SSSR count). The van der Waals surface area contributed by atoms with E-state index in [-0.39, 0.29) is 6.10 Å². The molecule has 0 aromatic heterocycles. The Bertz CT molecular complexity index is 211. The van der Waals surface area contributed by atoms with Gasteiger partial charge in [-0.25, -0.2) is 0 Å². The number of nitrogens with one attached hydrogen (secondary N) is 1. The number of carboxylic acids is 1. The molecular weight excluding hydrogens is 196 g/mol. The number of aliphatic carboxylic acids is 1. The van der Waals surface area contributed by atoms with Crippen LogP contribution >= 0.6 is 0 Å². The first-order valence-electron chi connectivity index (χ1n) is 5.46. The van der Waals surface area contributed by atoms with Gasteiger partial charge in [-0.05, 0) is 31.7 Å². The van der Waals surface area contributed by atoms with Gasteiger partial charge in [0.25, 0.3) is 0 Å². The molecule has 0 radical (unpaired) electrons. The average Bonchev–Trinajstić information content (AvgIpc) is 2.17. The van der Waals surface area contributed by atoms with Crippen LogP contribution in [0.4, 0.5) is 0 Å². The second-order valence-electron chi connectivity index (χ2n) is 4.29. The van der Waals surface area contributed by atoms with Crippen LogP contribution in [0.1, 0.15) is 25.7 Å². The summed E-state index contributed by atoms with van der Waals surface area (Å²) in [4.78, 5) is 10.4. The zero-order chi connectivity index (χ0) is 11.3. The minimum atomic E-state index is -0.980. The molecule has 1 aliphatic rings. The van der Waals surface area contributed by atoms with Gasteiger partial charge < -0.3 is 21.3 Å². The summed E-state index contributed by atoms with van der Waals surface area (Å²) in [7, 11) is 0. The molecule has 0 bridgehead atoms. The molecule has 0 amide bonds. The Morgan fingerprint density at radius 3 is 2.87 bits per heavy atom. The Balaban J connectivity index is 2.11. The summed E-state index contributed by atoms with van der Waals surface area (Å²) in [5.41, 5.74) is 5.35. The number of aliphatic hydroxyl groups excluding tert-OH is 1. The number of carbonyl (C=O) groups is 1. The second kappa shape index (κ2) is 6.05. The topological polar surface area (TPSA) is 95.6 Å². The van der Waals surface area contributed by atoms with Gasteiger partial charge in [0.15, 0.2) is 0 Å². The third-order valence-electron chi connectivity index (χ3n) is 2.87. The monoisotopic (exact) mass is 216 g/mol. The molecule has 0 aliphatic heterocycles. The predicted molar refractivity (Wildman–Crippen MR) is 56.4 cm³/mol. The standard InChI is InChI=1S/C10H20N2O3/c11-9(10(14)15)6-12-5-7-2-1-3-8(13)4-7/h7-9,12-13H,1-6,11H2,(H,14,15). The number of carboxylic acid groups (broad SMARTS) is 1. The van der Waals surface area contributed by atoms with Crippen molar-refractivity contribution in [3.05, 3.63) is 0 Å². The zero-order valence-corrected chi connectivity index (χ0v) is 8.85. The van der Waals surface area contributed by atoms with Gasteiger partial charge in [-0.3, -0.25) is 4.79 Å². The maximum Gasteiger partial charge on any atom is 0.321 e. The number of rotatable bonds is 5. The third-order valence-corrected chi connectivity index (χ3v) is 2.87. The molecule has 3 unspecified atom stereocenters. The zero-order valence-electron chi connectivity index (χ0n) is 8.85. The van der Waals surface area contributed by atoms with Crippen molar-refractivity contribution in [3.8, 4) is 0 Å². The van der Waals surface area contributed by atoms with E-state index in [1.54, 1.807) is 0 Å². The van der Waals surface area contributed by atoms with E-state index >= 15 is 0 Å². The van der Waals surface area contributed by atoms with Crippen molar-refractivity contribution in [2.45, 2.75) is 37.8 Å². The fourth-order valence-electron chi connectivity index (χ4n) is 1.98. The highest BCUT2D eigenvalue weighted by molar-refractivity contribution is 5.73. The molecular formula is C10H20N2O3. The Morgan fingerprint density at radius 1 is 1.53 bits per heavy atom. The van der Waals surface area contributed by atoms with E-state index in [0.29, 0.717) is 12.5 Å². The van der Waals surface area contributed by atoms with Crippen molar-refractivity contribution in [3.63, 3.8) is 0 Å². The van der Waals surface area contributed by atoms with Crippen LogP contribution in [0.5, 0.6) is 0 Å². The molecule has 5 N–H and O–H groups in total. The molecule has 1 fully saturated rings. The van der Waals surface area contributed by atoms with Crippen molar-refractivity contribution in [1.82, 2.24) is 5.32 Å². The number of aliphatic hydroxyl groups is 1. The Labute approximate surface area is 89.7 Å². The van der Waals surface area contributed by atoms with Crippen LogP contribution in [0.25, 0.3) is 0 Å². The summed E-state index contributed by atoms with van der Waals surface area (Å²) >= 11 is 0. The molecule has 15 heavy (non-hydrogen) atoms. The van der Waals surface area contributed by atoms with Gasteiger partial charge in [0.05, 0.1) is 6.10 Å². The smallest absolute Gasteiger partial charge is 0.321 e. The van der Waals surface area contributed by atoms with E-state index < -0.39 is 12.0 Å². The van der Waals surface area contributed by atoms with Gasteiger partial charge >= 0.3 is 5.97 Å². The highest BCUT2D eigenvalue weighted by atomic mass is 16.4. The summed E-state index contributed by atoms with van der Waals surface area (Å²) in [6.45, 7) is 1.04. The summed E-state index contributed by atoms with van der Waals surface area (Å²) in [6.07, 6.45) is 3.68. The van der Waals surface area contributed by atoms with Gasteiger partial charge in [0, 0.05) is 6.54 Å². The minimum Gasteiger partial charge on any atom is -0.480 e. The SMILES string of the molecule is NC(CNCC1CCCC(O)C1)C(=O)O. The Hall–Kier alpha value is -0.650. The van der Waals surface area contributed by atoms with Crippen molar-refractivity contribution in [2.75, 3.05) is 13.1 Å². The third kappa shape index (κ3) is 4.59. The summed E-state index contributed by atoms with van der Waals surface area (Å²) < 4.78 is 0. The van der Waals surface area contributed by atoms with Gasteiger partial charge in [0.1, 0.15) is 6.04 Å². The lowest BCUT2D eigenvalue weighted by Gasteiger charge is -2.26. The molecule has 0 aromatic rings. The van der Waals surface area contributed by atoms with Crippen molar-refractivity contribution in [1.29, 1.82) is 0 Å². The van der Waals surface area contributed by atoms with Gasteiger partial charge in [-0.15, -0.1) is 0 Å². The highest BCUT2D eigenvalue weighted by Crippen LogP contribution is 2.23. The predicted octanol–water partition coefficient (Wildman–Crippen LogP) is -0.461. The fraction of sp³-hybridized carbons (Fsp3) is 0.900. The number of hydrogen-bond acceptors (Lipinski definition) is 4. The first-order chi connectivity index (χ1) is 7.09. The van der Waals surface area contributed by atoms with Crippen molar-refractivity contribution in [2.24, 2.45) is 11.7 Å². The van der Waals surface area contributed by atoms with E-state index in [2.05, 4.69) is 5.32 Å². The van der Waals surface area contributed by atoms with Crippen LogP contribution in [0.2, 0.25) is 0 Å². The molecule has 0 spiro atoms. The fourth-order valence-corrected chi connectivity index (χ4v) is 1.98. The lowest BCUT2D eigenvalue weighted by molar-refractivity contribution is -0.138. The highest BCUT2D eigenvalue weighted by Gasteiger charge is 2.20. The molecule has 1 saturated carbocycles. The van der Waals surface area contributed by atoms with E-state index in [9.17, 15) is 9.90 Å². The Kier molecular flexibility index (Phi) is 5.01. The lowest BCUT2D eigenvalue weighted by atomic mass is 9.87. The molecule has 0 aromatic carbocycles.